The molecule has 0 unspecified atom stereocenters. The van der Waals surface area contributed by atoms with Crippen LogP contribution in [0.2, 0.25) is 0 Å². The number of rotatable bonds is 7. The summed E-state index contributed by atoms with van der Waals surface area (Å²) in [6.07, 6.45) is 0. The van der Waals surface area contributed by atoms with Crippen LogP contribution < -0.4 is 10.1 Å². The highest BCUT2D eigenvalue weighted by molar-refractivity contribution is 5.87. The van der Waals surface area contributed by atoms with Gasteiger partial charge in [0.25, 0.3) is 0 Å². The van der Waals surface area contributed by atoms with Crippen LogP contribution in [0.5, 0.6) is 5.75 Å². The number of carboxylic acids is 1. The van der Waals surface area contributed by atoms with Crippen molar-refractivity contribution >= 4 is 5.97 Å². The molecule has 0 amide bonds. The van der Waals surface area contributed by atoms with Gasteiger partial charge in [-0.3, -0.25) is 0 Å². The van der Waals surface area contributed by atoms with Crippen LogP contribution in [0.1, 0.15) is 17.3 Å². The van der Waals surface area contributed by atoms with Crippen LogP contribution in [0.25, 0.3) is 0 Å². The third-order valence-corrected chi connectivity index (χ3v) is 3.10. The fourth-order valence-corrected chi connectivity index (χ4v) is 1.88. The van der Waals surface area contributed by atoms with E-state index in [0.29, 0.717) is 12.4 Å². The molecule has 19 heavy (non-hydrogen) atoms. The average Bonchev–Trinajstić information content (AvgIpc) is 2.37. The van der Waals surface area contributed by atoms with Gasteiger partial charge in [-0.15, -0.1) is 0 Å². The maximum atomic E-state index is 10.7. The molecule has 1 aliphatic heterocycles. The van der Waals surface area contributed by atoms with Gasteiger partial charge < -0.3 is 19.9 Å². The highest BCUT2D eigenvalue weighted by Gasteiger charge is 2.32. The minimum Gasteiger partial charge on any atom is -0.492 e. The summed E-state index contributed by atoms with van der Waals surface area (Å²) in [4.78, 5) is 10.7. The minimum absolute atomic E-state index is 0.267. The molecule has 1 aromatic rings. The Hall–Kier alpha value is -1.59. The second-order valence-electron chi connectivity index (χ2n) is 5.16. The smallest absolute Gasteiger partial charge is 0.335 e. The Balaban J connectivity index is 1.63. The highest BCUT2D eigenvalue weighted by Crippen LogP contribution is 2.24. The number of carbonyl (C=O) groups is 1. The number of aromatic carboxylic acids is 1. The van der Waals surface area contributed by atoms with Crippen LogP contribution in [0, 0.1) is 5.41 Å². The molecule has 5 heteroatoms. The van der Waals surface area contributed by atoms with Crippen LogP contribution in [-0.2, 0) is 4.74 Å². The number of carboxylic acid groups (broad SMARTS) is 1. The first-order chi connectivity index (χ1) is 9.09. The Morgan fingerprint density at radius 2 is 2.11 bits per heavy atom. The van der Waals surface area contributed by atoms with E-state index in [2.05, 4.69) is 12.2 Å². The van der Waals surface area contributed by atoms with Gasteiger partial charge in [-0.05, 0) is 24.3 Å². The molecule has 2 rings (SSSR count). The summed E-state index contributed by atoms with van der Waals surface area (Å²) in [7, 11) is 0. The summed E-state index contributed by atoms with van der Waals surface area (Å²) in [6, 6.07) is 6.42. The summed E-state index contributed by atoms with van der Waals surface area (Å²) < 4.78 is 10.7. The molecule has 104 valence electrons. The highest BCUT2D eigenvalue weighted by atomic mass is 16.5. The summed E-state index contributed by atoms with van der Waals surface area (Å²) in [5.41, 5.74) is 0.534. The van der Waals surface area contributed by atoms with Crippen molar-refractivity contribution in [2.75, 3.05) is 32.9 Å². The Labute approximate surface area is 112 Å². The van der Waals surface area contributed by atoms with Crippen LogP contribution in [0.15, 0.2) is 24.3 Å². The van der Waals surface area contributed by atoms with Crippen LogP contribution in [-0.4, -0.2) is 44.0 Å². The Morgan fingerprint density at radius 1 is 1.42 bits per heavy atom. The predicted molar refractivity (Wildman–Crippen MR) is 70.7 cm³/mol. The summed E-state index contributed by atoms with van der Waals surface area (Å²) in [6.45, 7) is 6.07. The van der Waals surface area contributed by atoms with E-state index in [1.165, 1.54) is 12.1 Å². The lowest BCUT2D eigenvalue weighted by atomic mass is 9.89. The van der Waals surface area contributed by atoms with E-state index in [9.17, 15) is 4.79 Å². The van der Waals surface area contributed by atoms with Crippen molar-refractivity contribution in [3.8, 4) is 5.75 Å². The maximum absolute atomic E-state index is 10.7. The number of benzene rings is 1. The van der Waals surface area contributed by atoms with Gasteiger partial charge in [0.1, 0.15) is 12.4 Å². The fraction of sp³-hybridized carbons (Fsp3) is 0.500. The lowest BCUT2D eigenvalue weighted by Gasteiger charge is -2.38. The molecular formula is C14H19NO4. The molecule has 1 aliphatic rings. The first kappa shape index (κ1) is 13.8. The molecular weight excluding hydrogens is 246 g/mol. The van der Waals surface area contributed by atoms with Crippen LogP contribution >= 0.6 is 0 Å². The minimum atomic E-state index is -0.927. The summed E-state index contributed by atoms with van der Waals surface area (Å²) >= 11 is 0. The molecule has 1 fully saturated rings. The zero-order valence-corrected chi connectivity index (χ0v) is 11.0. The molecule has 1 heterocycles. The van der Waals surface area contributed by atoms with E-state index in [1.54, 1.807) is 12.1 Å². The molecule has 0 atom stereocenters. The summed E-state index contributed by atoms with van der Waals surface area (Å²) in [5.74, 6) is -0.242. The molecule has 2 N–H and O–H groups in total. The van der Waals surface area contributed by atoms with E-state index in [-0.39, 0.29) is 11.0 Å². The van der Waals surface area contributed by atoms with E-state index in [0.717, 1.165) is 26.3 Å². The standard InChI is InChI=1S/C14H19NO4/c1-14(9-18-10-14)8-15-6-7-19-12-4-2-11(3-5-12)13(16)17/h2-5,15H,6-10H2,1H3,(H,16,17). The Morgan fingerprint density at radius 3 is 2.63 bits per heavy atom. The van der Waals surface area contributed by atoms with Crippen LogP contribution in [0.4, 0.5) is 0 Å². The number of hydrogen-bond donors (Lipinski definition) is 2. The normalized spacial score (nSPS) is 16.7. The van der Waals surface area contributed by atoms with Gasteiger partial charge in [-0.25, -0.2) is 4.79 Å². The third kappa shape index (κ3) is 3.94. The van der Waals surface area contributed by atoms with Crippen molar-refractivity contribution in [2.24, 2.45) is 5.41 Å². The molecule has 0 spiro atoms. The largest absolute Gasteiger partial charge is 0.492 e. The lowest BCUT2D eigenvalue weighted by Crippen LogP contribution is -2.47. The monoisotopic (exact) mass is 265 g/mol. The molecule has 1 aromatic carbocycles. The van der Waals surface area contributed by atoms with Gasteiger partial charge in [0.2, 0.25) is 0 Å². The van der Waals surface area contributed by atoms with Crippen molar-refractivity contribution < 1.29 is 19.4 Å². The van der Waals surface area contributed by atoms with E-state index in [1.807, 2.05) is 0 Å². The lowest BCUT2D eigenvalue weighted by molar-refractivity contribution is -0.0990. The number of nitrogens with one attached hydrogen (secondary N) is 1. The number of ether oxygens (including phenoxy) is 2. The third-order valence-electron chi connectivity index (χ3n) is 3.10. The molecule has 1 saturated heterocycles. The Kier molecular flexibility index (Phi) is 4.39. The zero-order chi connectivity index (χ0) is 13.7. The van der Waals surface area contributed by atoms with Gasteiger partial charge in [-0.2, -0.15) is 0 Å². The molecule has 0 aromatic heterocycles. The summed E-state index contributed by atoms with van der Waals surface area (Å²) in [5, 5.41) is 12.1. The molecule has 5 nitrogen and oxygen atoms in total. The molecule has 0 radical (unpaired) electrons. The SMILES string of the molecule is CC1(CNCCOc2ccc(C(=O)O)cc2)COC1. The van der Waals surface area contributed by atoms with Gasteiger partial charge in [0.15, 0.2) is 0 Å². The first-order valence-electron chi connectivity index (χ1n) is 6.34. The van der Waals surface area contributed by atoms with Crippen molar-refractivity contribution in [3.05, 3.63) is 29.8 Å². The zero-order valence-electron chi connectivity index (χ0n) is 11.0. The number of hydrogen-bond acceptors (Lipinski definition) is 4. The van der Waals surface area contributed by atoms with E-state index in [4.69, 9.17) is 14.6 Å². The van der Waals surface area contributed by atoms with Gasteiger partial charge in [-0.1, -0.05) is 6.92 Å². The predicted octanol–water partition coefficient (Wildman–Crippen LogP) is 1.39. The molecule has 0 saturated carbocycles. The topological polar surface area (TPSA) is 67.8 Å². The second-order valence-corrected chi connectivity index (χ2v) is 5.16. The average molecular weight is 265 g/mol. The van der Waals surface area contributed by atoms with Crippen molar-refractivity contribution in [1.29, 1.82) is 0 Å². The van der Waals surface area contributed by atoms with Crippen molar-refractivity contribution in [2.45, 2.75) is 6.92 Å². The van der Waals surface area contributed by atoms with Crippen LogP contribution in [0.3, 0.4) is 0 Å². The van der Waals surface area contributed by atoms with Gasteiger partial charge in [0, 0.05) is 18.5 Å². The maximum Gasteiger partial charge on any atom is 0.335 e. The van der Waals surface area contributed by atoms with Gasteiger partial charge in [0.05, 0.1) is 18.8 Å². The van der Waals surface area contributed by atoms with E-state index < -0.39 is 5.97 Å². The second kappa shape index (κ2) is 6.04. The van der Waals surface area contributed by atoms with Crippen molar-refractivity contribution in [3.63, 3.8) is 0 Å². The molecule has 0 bridgehead atoms. The van der Waals surface area contributed by atoms with E-state index >= 15 is 0 Å². The molecule has 0 aliphatic carbocycles. The Bertz CT molecular complexity index is 426. The quantitative estimate of drug-likeness (QED) is 0.729. The fourth-order valence-electron chi connectivity index (χ4n) is 1.88. The van der Waals surface area contributed by atoms with Gasteiger partial charge >= 0.3 is 5.97 Å². The van der Waals surface area contributed by atoms with Crippen molar-refractivity contribution in [1.82, 2.24) is 5.32 Å². The first-order valence-corrected chi connectivity index (χ1v) is 6.34.